The number of anilines is 2. The molecular weight excluding hydrogens is 354 g/mol. The van der Waals surface area contributed by atoms with Gasteiger partial charge in [0.15, 0.2) is 0 Å². The fourth-order valence-electron chi connectivity index (χ4n) is 4.43. The SMILES string of the molecule is CC(C)=CCN1CCOC2(CCN(c3nccc(N4CCC(O)C4)n3)CC2)C1. The Kier molecular flexibility index (Phi) is 5.85. The summed E-state index contributed by atoms with van der Waals surface area (Å²) in [6.45, 7) is 11.5. The molecule has 0 radical (unpaired) electrons. The predicted octanol–water partition coefficient (Wildman–Crippen LogP) is 1.68. The molecule has 7 nitrogen and oxygen atoms in total. The lowest BCUT2D eigenvalue weighted by atomic mass is 9.89. The van der Waals surface area contributed by atoms with E-state index in [0.717, 1.165) is 76.9 Å². The highest BCUT2D eigenvalue weighted by Gasteiger charge is 2.40. The Morgan fingerprint density at radius 3 is 2.79 bits per heavy atom. The van der Waals surface area contributed by atoms with E-state index in [2.05, 4.69) is 39.6 Å². The van der Waals surface area contributed by atoms with Gasteiger partial charge in [0.2, 0.25) is 5.95 Å². The van der Waals surface area contributed by atoms with Gasteiger partial charge in [-0.2, -0.15) is 4.98 Å². The first-order chi connectivity index (χ1) is 13.5. The van der Waals surface area contributed by atoms with Crippen molar-refractivity contribution in [3.05, 3.63) is 23.9 Å². The van der Waals surface area contributed by atoms with Crippen molar-refractivity contribution < 1.29 is 9.84 Å². The summed E-state index contributed by atoms with van der Waals surface area (Å²) in [5, 5.41) is 9.79. The molecule has 0 saturated carbocycles. The van der Waals surface area contributed by atoms with Gasteiger partial charge in [-0.15, -0.1) is 0 Å². The number of β-amino-alcohol motifs (C(OH)–C–C–N with tert-alkyl or cyclic N) is 1. The van der Waals surface area contributed by atoms with Crippen LogP contribution in [-0.4, -0.2) is 84.1 Å². The largest absolute Gasteiger partial charge is 0.391 e. The fourth-order valence-corrected chi connectivity index (χ4v) is 4.43. The van der Waals surface area contributed by atoms with Crippen LogP contribution in [0.25, 0.3) is 0 Å². The number of nitrogens with zero attached hydrogens (tertiary/aromatic N) is 5. The lowest BCUT2D eigenvalue weighted by molar-refractivity contribution is -0.118. The number of hydrogen-bond acceptors (Lipinski definition) is 7. The summed E-state index contributed by atoms with van der Waals surface area (Å²) >= 11 is 0. The normalized spacial score (nSPS) is 25.3. The summed E-state index contributed by atoms with van der Waals surface area (Å²) in [5.41, 5.74) is 1.35. The van der Waals surface area contributed by atoms with Crippen molar-refractivity contribution in [3.63, 3.8) is 0 Å². The summed E-state index contributed by atoms with van der Waals surface area (Å²) in [4.78, 5) is 16.2. The molecule has 3 aliphatic rings. The number of aliphatic hydroxyl groups excluding tert-OH is 1. The number of aliphatic hydroxyl groups is 1. The van der Waals surface area contributed by atoms with Gasteiger partial charge in [0.1, 0.15) is 5.82 Å². The smallest absolute Gasteiger partial charge is 0.227 e. The van der Waals surface area contributed by atoms with Crippen LogP contribution in [0.15, 0.2) is 23.9 Å². The van der Waals surface area contributed by atoms with E-state index >= 15 is 0 Å². The number of rotatable bonds is 4. The lowest BCUT2D eigenvalue weighted by Gasteiger charge is -2.47. The van der Waals surface area contributed by atoms with Gasteiger partial charge in [-0.25, -0.2) is 4.98 Å². The molecule has 154 valence electrons. The molecule has 1 aromatic heterocycles. The van der Waals surface area contributed by atoms with E-state index in [1.165, 1.54) is 5.57 Å². The monoisotopic (exact) mass is 387 g/mol. The number of morpholine rings is 1. The van der Waals surface area contributed by atoms with Crippen LogP contribution in [0.2, 0.25) is 0 Å². The Morgan fingerprint density at radius 2 is 2.07 bits per heavy atom. The third-order valence-electron chi connectivity index (χ3n) is 6.16. The van der Waals surface area contributed by atoms with Crippen LogP contribution in [0.5, 0.6) is 0 Å². The number of allylic oxidation sites excluding steroid dienone is 1. The Balaban J connectivity index is 1.37. The molecule has 1 N–H and O–H groups in total. The molecule has 0 bridgehead atoms. The highest BCUT2D eigenvalue weighted by molar-refractivity contribution is 5.45. The quantitative estimate of drug-likeness (QED) is 0.789. The zero-order valence-corrected chi connectivity index (χ0v) is 17.2. The summed E-state index contributed by atoms with van der Waals surface area (Å²) in [7, 11) is 0. The van der Waals surface area contributed by atoms with Crippen molar-refractivity contribution in [2.75, 3.05) is 62.2 Å². The molecule has 3 fully saturated rings. The van der Waals surface area contributed by atoms with E-state index in [-0.39, 0.29) is 11.7 Å². The van der Waals surface area contributed by atoms with Crippen LogP contribution < -0.4 is 9.80 Å². The van der Waals surface area contributed by atoms with Gasteiger partial charge >= 0.3 is 0 Å². The molecule has 1 unspecified atom stereocenters. The fraction of sp³-hybridized carbons (Fsp3) is 0.714. The summed E-state index contributed by atoms with van der Waals surface area (Å²) in [6.07, 6.45) is 6.73. The van der Waals surface area contributed by atoms with Crippen molar-refractivity contribution in [1.29, 1.82) is 0 Å². The number of piperidine rings is 1. The van der Waals surface area contributed by atoms with Crippen molar-refractivity contribution in [3.8, 4) is 0 Å². The van der Waals surface area contributed by atoms with E-state index in [1.54, 1.807) is 0 Å². The molecule has 0 amide bonds. The minimum Gasteiger partial charge on any atom is -0.391 e. The van der Waals surface area contributed by atoms with Gasteiger partial charge < -0.3 is 19.6 Å². The van der Waals surface area contributed by atoms with Crippen LogP contribution in [0, 0.1) is 0 Å². The van der Waals surface area contributed by atoms with Gasteiger partial charge in [0.25, 0.3) is 0 Å². The van der Waals surface area contributed by atoms with Crippen LogP contribution in [0.4, 0.5) is 11.8 Å². The van der Waals surface area contributed by atoms with Gasteiger partial charge in [-0.05, 0) is 39.2 Å². The maximum Gasteiger partial charge on any atom is 0.227 e. The van der Waals surface area contributed by atoms with Gasteiger partial charge in [-0.3, -0.25) is 4.90 Å². The zero-order chi connectivity index (χ0) is 19.6. The second kappa shape index (κ2) is 8.35. The molecule has 0 aromatic carbocycles. The molecule has 1 aromatic rings. The molecule has 3 aliphatic heterocycles. The molecular formula is C21H33N5O2. The Morgan fingerprint density at radius 1 is 1.25 bits per heavy atom. The standard InChI is InChI=1S/C21H33N5O2/c1-17(2)4-9-24-13-14-28-21(16-24)6-11-25(12-7-21)20-22-8-3-19(23-20)26-10-5-18(27)15-26/h3-4,8,18,27H,5-7,9-16H2,1-2H3. The molecule has 7 heteroatoms. The van der Waals surface area contributed by atoms with Crippen molar-refractivity contribution in [2.45, 2.75) is 44.8 Å². The summed E-state index contributed by atoms with van der Waals surface area (Å²) in [6, 6.07) is 1.94. The first kappa shape index (κ1) is 19.6. The lowest BCUT2D eigenvalue weighted by Crippen LogP contribution is -2.57. The van der Waals surface area contributed by atoms with Crippen molar-refractivity contribution in [1.82, 2.24) is 14.9 Å². The maximum atomic E-state index is 9.79. The third-order valence-corrected chi connectivity index (χ3v) is 6.16. The topological polar surface area (TPSA) is 65.0 Å². The average molecular weight is 388 g/mol. The molecule has 0 aliphatic carbocycles. The van der Waals surface area contributed by atoms with Crippen LogP contribution in [0.3, 0.4) is 0 Å². The first-order valence-electron chi connectivity index (χ1n) is 10.5. The zero-order valence-electron chi connectivity index (χ0n) is 17.2. The van der Waals surface area contributed by atoms with Crippen molar-refractivity contribution in [2.24, 2.45) is 0 Å². The second-order valence-corrected chi connectivity index (χ2v) is 8.64. The summed E-state index contributed by atoms with van der Waals surface area (Å²) in [5.74, 6) is 1.72. The minimum atomic E-state index is -0.244. The molecule has 1 spiro atoms. The molecule has 4 rings (SSSR count). The molecule has 3 saturated heterocycles. The van der Waals surface area contributed by atoms with E-state index in [1.807, 2.05) is 12.3 Å². The summed E-state index contributed by atoms with van der Waals surface area (Å²) < 4.78 is 6.28. The number of ether oxygens (including phenoxy) is 1. The Bertz CT molecular complexity index is 698. The Labute approximate surface area is 168 Å². The minimum absolute atomic E-state index is 0.0269. The maximum absolute atomic E-state index is 9.79. The van der Waals surface area contributed by atoms with E-state index < -0.39 is 0 Å². The van der Waals surface area contributed by atoms with E-state index in [9.17, 15) is 5.11 Å². The van der Waals surface area contributed by atoms with Gasteiger partial charge in [-0.1, -0.05) is 11.6 Å². The Hall–Kier alpha value is -1.70. The van der Waals surface area contributed by atoms with Crippen LogP contribution >= 0.6 is 0 Å². The number of hydrogen-bond donors (Lipinski definition) is 1. The van der Waals surface area contributed by atoms with Crippen molar-refractivity contribution >= 4 is 11.8 Å². The van der Waals surface area contributed by atoms with E-state index in [0.29, 0.717) is 6.54 Å². The van der Waals surface area contributed by atoms with E-state index in [4.69, 9.17) is 9.72 Å². The first-order valence-corrected chi connectivity index (χ1v) is 10.5. The highest BCUT2D eigenvalue weighted by Crippen LogP contribution is 2.32. The third kappa shape index (κ3) is 4.47. The average Bonchev–Trinajstić information content (AvgIpc) is 3.14. The highest BCUT2D eigenvalue weighted by atomic mass is 16.5. The van der Waals surface area contributed by atoms with Crippen LogP contribution in [0.1, 0.15) is 33.1 Å². The van der Waals surface area contributed by atoms with Crippen LogP contribution in [-0.2, 0) is 4.74 Å². The number of aromatic nitrogens is 2. The second-order valence-electron chi connectivity index (χ2n) is 8.64. The molecule has 1 atom stereocenters. The molecule has 28 heavy (non-hydrogen) atoms. The predicted molar refractivity (Wildman–Crippen MR) is 111 cm³/mol. The van der Waals surface area contributed by atoms with Gasteiger partial charge in [0.05, 0.1) is 18.3 Å². The van der Waals surface area contributed by atoms with Gasteiger partial charge in [0, 0.05) is 52.0 Å². The molecule has 4 heterocycles.